The van der Waals surface area contributed by atoms with Gasteiger partial charge in [0, 0.05) is 18.2 Å². The molecule has 5 nitrogen and oxygen atoms in total. The Morgan fingerprint density at radius 2 is 2.04 bits per heavy atom. The molecule has 1 N–H and O–H groups in total. The smallest absolute Gasteiger partial charge is 0.230 e. The van der Waals surface area contributed by atoms with Crippen LogP contribution in [-0.4, -0.2) is 32.5 Å². The molecule has 1 amide bonds. The predicted molar refractivity (Wildman–Crippen MR) is 102 cm³/mol. The maximum atomic E-state index is 12.1. The van der Waals surface area contributed by atoms with Crippen molar-refractivity contribution >= 4 is 17.7 Å². The number of aryl methyl sites for hydroxylation is 1. The number of hydrogen-bond acceptors (Lipinski definition) is 4. The van der Waals surface area contributed by atoms with Crippen LogP contribution >= 0.6 is 11.8 Å². The minimum atomic E-state index is 0.0712. The highest BCUT2D eigenvalue weighted by atomic mass is 32.2. The number of carbonyl (C=O) groups excluding carboxylic acids is 1. The van der Waals surface area contributed by atoms with E-state index in [-0.39, 0.29) is 5.91 Å². The number of thioether (sulfide) groups is 1. The lowest BCUT2D eigenvalue weighted by molar-refractivity contribution is -0.119. The van der Waals surface area contributed by atoms with Gasteiger partial charge in [-0.2, -0.15) is 0 Å². The fourth-order valence-corrected chi connectivity index (χ4v) is 3.83. The summed E-state index contributed by atoms with van der Waals surface area (Å²) in [7, 11) is 0. The van der Waals surface area contributed by atoms with Crippen LogP contribution in [0.1, 0.15) is 31.2 Å². The molecule has 0 atom stereocenters. The van der Waals surface area contributed by atoms with E-state index >= 15 is 0 Å². The molecule has 1 heterocycles. The van der Waals surface area contributed by atoms with Gasteiger partial charge in [0.05, 0.1) is 5.75 Å². The van der Waals surface area contributed by atoms with E-state index in [1.807, 2.05) is 22.8 Å². The van der Waals surface area contributed by atoms with Crippen molar-refractivity contribution < 1.29 is 4.79 Å². The predicted octanol–water partition coefficient (Wildman–Crippen LogP) is 3.59. The van der Waals surface area contributed by atoms with Gasteiger partial charge in [0.15, 0.2) is 11.0 Å². The SMILES string of the molecule is C=CCn1c(SCC(=O)NC2CCCC2)nnc1-c1ccc(C)cc1. The van der Waals surface area contributed by atoms with Gasteiger partial charge in [-0.25, -0.2) is 0 Å². The number of rotatable bonds is 7. The van der Waals surface area contributed by atoms with Gasteiger partial charge in [-0.15, -0.1) is 16.8 Å². The van der Waals surface area contributed by atoms with Gasteiger partial charge in [0.2, 0.25) is 5.91 Å². The topological polar surface area (TPSA) is 59.8 Å². The fraction of sp³-hybridized carbons (Fsp3) is 0.421. The van der Waals surface area contributed by atoms with Crippen LogP contribution in [-0.2, 0) is 11.3 Å². The number of nitrogens with zero attached hydrogens (tertiary/aromatic N) is 3. The number of benzene rings is 1. The molecule has 2 aromatic rings. The number of carbonyl (C=O) groups is 1. The van der Waals surface area contributed by atoms with Gasteiger partial charge < -0.3 is 5.32 Å². The molecule has 1 aromatic heterocycles. The first-order valence-corrected chi connectivity index (χ1v) is 9.69. The minimum Gasteiger partial charge on any atom is -0.353 e. The molecule has 1 fully saturated rings. The van der Waals surface area contributed by atoms with Gasteiger partial charge in [-0.05, 0) is 19.8 Å². The third kappa shape index (κ3) is 4.51. The molecule has 0 radical (unpaired) electrons. The first-order valence-electron chi connectivity index (χ1n) is 8.70. The summed E-state index contributed by atoms with van der Waals surface area (Å²) in [6, 6.07) is 8.55. The molecule has 3 rings (SSSR count). The molecule has 6 heteroatoms. The zero-order chi connectivity index (χ0) is 17.6. The Kier molecular flexibility index (Phi) is 5.91. The van der Waals surface area contributed by atoms with Crippen molar-refractivity contribution in [2.75, 3.05) is 5.75 Å². The third-order valence-electron chi connectivity index (χ3n) is 4.39. The zero-order valence-corrected chi connectivity index (χ0v) is 15.4. The molecule has 1 saturated carbocycles. The lowest BCUT2D eigenvalue weighted by Crippen LogP contribution is -2.33. The molecular weight excluding hydrogens is 332 g/mol. The highest BCUT2D eigenvalue weighted by Crippen LogP contribution is 2.24. The van der Waals surface area contributed by atoms with E-state index in [0.717, 1.165) is 29.4 Å². The van der Waals surface area contributed by atoms with Crippen molar-refractivity contribution in [1.29, 1.82) is 0 Å². The average Bonchev–Trinajstić information content (AvgIpc) is 3.24. The number of nitrogens with one attached hydrogen (secondary N) is 1. The Morgan fingerprint density at radius 1 is 1.32 bits per heavy atom. The Labute approximate surface area is 152 Å². The standard InChI is InChI=1S/C19H24N4OS/c1-3-12-23-18(15-10-8-14(2)9-11-15)21-22-19(23)25-13-17(24)20-16-6-4-5-7-16/h3,8-11,16H,1,4-7,12-13H2,2H3,(H,20,24). The van der Waals surface area contributed by atoms with Crippen molar-refractivity contribution in [3.8, 4) is 11.4 Å². The Bertz CT molecular complexity index is 732. The summed E-state index contributed by atoms with van der Waals surface area (Å²) in [5.41, 5.74) is 2.22. The van der Waals surface area contributed by atoms with E-state index in [1.165, 1.54) is 30.2 Å². The van der Waals surface area contributed by atoms with Gasteiger partial charge >= 0.3 is 0 Å². The van der Waals surface area contributed by atoms with Gasteiger partial charge in [0.1, 0.15) is 0 Å². The molecule has 132 valence electrons. The monoisotopic (exact) mass is 356 g/mol. The Hall–Kier alpha value is -2.08. The fourth-order valence-electron chi connectivity index (χ4n) is 3.07. The lowest BCUT2D eigenvalue weighted by atomic mass is 10.1. The maximum absolute atomic E-state index is 12.1. The lowest BCUT2D eigenvalue weighted by Gasteiger charge is -2.12. The van der Waals surface area contributed by atoms with Crippen molar-refractivity contribution in [2.24, 2.45) is 0 Å². The average molecular weight is 356 g/mol. The number of allylic oxidation sites excluding steroid dienone is 1. The van der Waals surface area contributed by atoms with E-state index in [9.17, 15) is 4.79 Å². The van der Waals surface area contributed by atoms with Crippen LogP contribution in [0.5, 0.6) is 0 Å². The zero-order valence-electron chi connectivity index (χ0n) is 14.6. The van der Waals surface area contributed by atoms with Crippen molar-refractivity contribution in [1.82, 2.24) is 20.1 Å². The van der Waals surface area contributed by atoms with E-state index < -0.39 is 0 Å². The minimum absolute atomic E-state index is 0.0712. The van der Waals surface area contributed by atoms with E-state index in [0.29, 0.717) is 18.3 Å². The quantitative estimate of drug-likeness (QED) is 0.608. The van der Waals surface area contributed by atoms with Crippen LogP contribution in [0.3, 0.4) is 0 Å². The molecule has 1 aromatic carbocycles. The summed E-state index contributed by atoms with van der Waals surface area (Å²) < 4.78 is 2.01. The van der Waals surface area contributed by atoms with Crippen LogP contribution in [0.25, 0.3) is 11.4 Å². The second kappa shape index (κ2) is 8.34. The van der Waals surface area contributed by atoms with E-state index in [4.69, 9.17) is 0 Å². The van der Waals surface area contributed by atoms with Crippen LogP contribution in [0, 0.1) is 6.92 Å². The summed E-state index contributed by atoms with van der Waals surface area (Å²) in [4.78, 5) is 12.1. The summed E-state index contributed by atoms with van der Waals surface area (Å²) >= 11 is 1.43. The Balaban J connectivity index is 1.69. The highest BCUT2D eigenvalue weighted by molar-refractivity contribution is 7.99. The first-order chi connectivity index (χ1) is 12.2. The second-order valence-electron chi connectivity index (χ2n) is 6.41. The van der Waals surface area contributed by atoms with Gasteiger partial charge in [-0.1, -0.05) is 60.5 Å². The van der Waals surface area contributed by atoms with Gasteiger partial charge in [0.25, 0.3) is 0 Å². The normalized spacial score (nSPS) is 14.6. The van der Waals surface area contributed by atoms with Crippen molar-refractivity contribution in [3.05, 3.63) is 42.5 Å². The third-order valence-corrected chi connectivity index (χ3v) is 5.36. The van der Waals surface area contributed by atoms with Crippen LogP contribution < -0.4 is 5.32 Å². The molecule has 1 aliphatic carbocycles. The van der Waals surface area contributed by atoms with E-state index in [1.54, 1.807) is 0 Å². The molecule has 0 spiro atoms. The molecule has 0 unspecified atom stereocenters. The number of hydrogen-bond donors (Lipinski definition) is 1. The van der Waals surface area contributed by atoms with Crippen LogP contribution in [0.4, 0.5) is 0 Å². The molecule has 0 bridgehead atoms. The van der Waals surface area contributed by atoms with Crippen molar-refractivity contribution in [3.63, 3.8) is 0 Å². The number of amides is 1. The van der Waals surface area contributed by atoms with Crippen molar-refractivity contribution in [2.45, 2.75) is 50.4 Å². The molecule has 0 aliphatic heterocycles. The largest absolute Gasteiger partial charge is 0.353 e. The summed E-state index contributed by atoms with van der Waals surface area (Å²) in [5.74, 6) is 1.24. The molecule has 1 aliphatic rings. The number of aromatic nitrogens is 3. The summed E-state index contributed by atoms with van der Waals surface area (Å²) in [6.45, 7) is 6.50. The molecular formula is C19H24N4OS. The van der Waals surface area contributed by atoms with Crippen LogP contribution in [0.2, 0.25) is 0 Å². The molecule has 0 saturated heterocycles. The van der Waals surface area contributed by atoms with E-state index in [2.05, 4.69) is 41.1 Å². The maximum Gasteiger partial charge on any atom is 0.230 e. The summed E-state index contributed by atoms with van der Waals surface area (Å²) in [5, 5.41) is 12.5. The summed E-state index contributed by atoms with van der Waals surface area (Å²) in [6.07, 6.45) is 6.45. The second-order valence-corrected chi connectivity index (χ2v) is 7.35. The molecule has 25 heavy (non-hydrogen) atoms. The first kappa shape index (κ1) is 17.7. The van der Waals surface area contributed by atoms with Crippen LogP contribution in [0.15, 0.2) is 42.1 Å². The Morgan fingerprint density at radius 3 is 2.72 bits per heavy atom. The highest BCUT2D eigenvalue weighted by Gasteiger charge is 2.19. The van der Waals surface area contributed by atoms with Gasteiger partial charge in [-0.3, -0.25) is 9.36 Å².